The van der Waals surface area contributed by atoms with E-state index in [9.17, 15) is 14.7 Å². The molecule has 0 radical (unpaired) electrons. The van der Waals surface area contributed by atoms with Crippen molar-refractivity contribution in [2.75, 3.05) is 6.54 Å². The number of hydrogen-bond donors (Lipinski definition) is 2. The second kappa shape index (κ2) is 9.08. The minimum absolute atomic E-state index is 0.102. The van der Waals surface area contributed by atoms with Crippen molar-refractivity contribution in [2.45, 2.75) is 13.0 Å². The average molecular weight is 416 g/mol. The third-order valence-corrected chi connectivity index (χ3v) is 4.71. The first-order valence-corrected chi connectivity index (χ1v) is 9.72. The summed E-state index contributed by atoms with van der Waals surface area (Å²) in [4.78, 5) is 32.5. The highest BCUT2D eigenvalue weighted by Crippen LogP contribution is 2.26. The van der Waals surface area contributed by atoms with Crippen molar-refractivity contribution in [3.63, 3.8) is 0 Å². The van der Waals surface area contributed by atoms with E-state index in [1.165, 1.54) is 6.07 Å². The lowest BCUT2D eigenvalue weighted by atomic mass is 10.1. The van der Waals surface area contributed by atoms with Crippen molar-refractivity contribution >= 4 is 17.7 Å². The van der Waals surface area contributed by atoms with E-state index in [1.807, 2.05) is 36.4 Å². The Hall–Kier alpha value is -4.20. The molecule has 8 nitrogen and oxygen atoms in total. The molecule has 0 spiro atoms. The molecule has 0 atom stereocenters. The Kier molecular flexibility index (Phi) is 5.89. The molecule has 0 aliphatic carbocycles. The summed E-state index contributed by atoms with van der Waals surface area (Å²) >= 11 is 0. The van der Waals surface area contributed by atoms with Gasteiger partial charge in [-0.25, -0.2) is 14.6 Å². The average Bonchev–Trinajstić information content (AvgIpc) is 3.17. The summed E-state index contributed by atoms with van der Waals surface area (Å²) in [6.07, 6.45) is 3.18. The van der Waals surface area contributed by atoms with Crippen molar-refractivity contribution < 1.29 is 19.4 Å². The highest BCUT2D eigenvalue weighted by atomic mass is 16.5. The van der Waals surface area contributed by atoms with Crippen LogP contribution < -0.4 is 5.32 Å². The quantitative estimate of drug-likeness (QED) is 0.477. The van der Waals surface area contributed by atoms with Crippen molar-refractivity contribution in [3.8, 4) is 11.3 Å². The molecule has 4 rings (SSSR count). The number of amides is 1. The molecule has 156 valence electrons. The van der Waals surface area contributed by atoms with Gasteiger partial charge in [0, 0.05) is 30.9 Å². The standard InChI is InChI=1S/C23H20N4O4/c28-22(29)19-9-4-10-20-26-18(21(27(19)20)17-8-5-12-24-14-17)11-13-25-23(30)31-15-16-6-2-1-3-7-16/h1-10,12,14H,11,13,15H2,(H,25,30)(H,28,29). The van der Waals surface area contributed by atoms with Gasteiger partial charge in [0.2, 0.25) is 0 Å². The normalized spacial score (nSPS) is 10.7. The molecule has 0 fully saturated rings. The van der Waals surface area contributed by atoms with Crippen molar-refractivity contribution in [2.24, 2.45) is 0 Å². The monoisotopic (exact) mass is 416 g/mol. The predicted molar refractivity (Wildman–Crippen MR) is 114 cm³/mol. The first-order chi connectivity index (χ1) is 15.1. The fourth-order valence-corrected chi connectivity index (χ4v) is 3.34. The molecule has 0 saturated carbocycles. The molecule has 4 aromatic rings. The molecule has 31 heavy (non-hydrogen) atoms. The first kappa shape index (κ1) is 20.1. The lowest BCUT2D eigenvalue weighted by Gasteiger charge is -2.09. The molecule has 1 amide bonds. The SMILES string of the molecule is O=C(NCCc1nc2cccc(C(=O)O)n2c1-c1cccnc1)OCc1ccccc1. The Bertz CT molecular complexity index is 1210. The lowest BCUT2D eigenvalue weighted by molar-refractivity contribution is 0.0689. The smallest absolute Gasteiger partial charge is 0.407 e. The molecule has 8 heteroatoms. The molecular weight excluding hydrogens is 396 g/mol. The van der Waals surface area contributed by atoms with Crippen molar-refractivity contribution in [1.29, 1.82) is 0 Å². The largest absolute Gasteiger partial charge is 0.477 e. The Balaban J connectivity index is 1.53. The number of imidazole rings is 1. The van der Waals surface area contributed by atoms with Crippen LogP contribution in [0.4, 0.5) is 4.79 Å². The van der Waals surface area contributed by atoms with Crippen LogP contribution in [0.25, 0.3) is 16.9 Å². The fourth-order valence-electron chi connectivity index (χ4n) is 3.34. The van der Waals surface area contributed by atoms with Gasteiger partial charge in [-0.2, -0.15) is 0 Å². The molecule has 0 aliphatic heterocycles. The van der Waals surface area contributed by atoms with Crippen LogP contribution in [0.5, 0.6) is 0 Å². The van der Waals surface area contributed by atoms with E-state index in [4.69, 9.17) is 4.74 Å². The van der Waals surface area contributed by atoms with Gasteiger partial charge in [-0.05, 0) is 29.8 Å². The van der Waals surface area contributed by atoms with Crippen LogP contribution in [-0.2, 0) is 17.8 Å². The maximum absolute atomic E-state index is 12.0. The van der Waals surface area contributed by atoms with E-state index in [0.29, 0.717) is 23.5 Å². The number of ether oxygens (including phenoxy) is 1. The number of carboxylic acids is 1. The zero-order valence-corrected chi connectivity index (χ0v) is 16.6. The number of carbonyl (C=O) groups is 2. The topological polar surface area (TPSA) is 106 Å². The van der Waals surface area contributed by atoms with Gasteiger partial charge >= 0.3 is 12.1 Å². The summed E-state index contributed by atoms with van der Waals surface area (Å²) in [5.41, 5.74) is 3.56. The van der Waals surface area contributed by atoms with E-state index in [2.05, 4.69) is 15.3 Å². The van der Waals surface area contributed by atoms with E-state index in [1.54, 1.807) is 35.0 Å². The second-order valence-corrected chi connectivity index (χ2v) is 6.80. The Morgan fingerprint density at radius 3 is 2.61 bits per heavy atom. The number of benzene rings is 1. The van der Waals surface area contributed by atoms with Crippen LogP contribution in [0.2, 0.25) is 0 Å². The van der Waals surface area contributed by atoms with Crippen LogP contribution >= 0.6 is 0 Å². The zero-order chi connectivity index (χ0) is 21.6. The van der Waals surface area contributed by atoms with Gasteiger partial charge in [0.05, 0.1) is 11.4 Å². The summed E-state index contributed by atoms with van der Waals surface area (Å²) in [6, 6.07) is 18.0. The van der Waals surface area contributed by atoms with Crippen molar-refractivity contribution in [3.05, 3.63) is 90.0 Å². The Morgan fingerprint density at radius 1 is 1.03 bits per heavy atom. The molecule has 0 bridgehead atoms. The summed E-state index contributed by atoms with van der Waals surface area (Å²) in [5, 5.41) is 12.3. The van der Waals surface area contributed by atoms with Crippen LogP contribution in [-0.4, -0.2) is 38.1 Å². The van der Waals surface area contributed by atoms with Gasteiger partial charge in [0.25, 0.3) is 0 Å². The number of fused-ring (bicyclic) bond motifs is 1. The Morgan fingerprint density at radius 2 is 1.87 bits per heavy atom. The van der Waals surface area contributed by atoms with Gasteiger partial charge in [-0.1, -0.05) is 36.4 Å². The summed E-state index contributed by atoms with van der Waals surface area (Å²) < 4.78 is 6.83. The third kappa shape index (κ3) is 4.53. The molecule has 0 saturated heterocycles. The van der Waals surface area contributed by atoms with Crippen LogP contribution in [0.3, 0.4) is 0 Å². The van der Waals surface area contributed by atoms with E-state index in [0.717, 1.165) is 11.1 Å². The highest BCUT2D eigenvalue weighted by Gasteiger charge is 2.19. The van der Waals surface area contributed by atoms with Crippen LogP contribution in [0, 0.1) is 0 Å². The third-order valence-electron chi connectivity index (χ3n) is 4.71. The number of carboxylic acid groups (broad SMARTS) is 1. The number of rotatable bonds is 7. The van der Waals surface area contributed by atoms with E-state index < -0.39 is 12.1 Å². The molecule has 3 heterocycles. The Labute approximate surface area is 178 Å². The fraction of sp³-hybridized carbons (Fsp3) is 0.130. The number of aromatic carboxylic acids is 1. The minimum Gasteiger partial charge on any atom is -0.477 e. The van der Waals surface area contributed by atoms with Gasteiger partial charge in [0.15, 0.2) is 0 Å². The van der Waals surface area contributed by atoms with Crippen LogP contribution in [0.15, 0.2) is 73.1 Å². The van der Waals surface area contributed by atoms with Crippen LogP contribution in [0.1, 0.15) is 21.7 Å². The number of hydrogen-bond acceptors (Lipinski definition) is 5. The maximum Gasteiger partial charge on any atom is 0.407 e. The molecule has 1 aromatic carbocycles. The van der Waals surface area contributed by atoms with Gasteiger partial charge < -0.3 is 15.2 Å². The van der Waals surface area contributed by atoms with E-state index >= 15 is 0 Å². The van der Waals surface area contributed by atoms with Gasteiger partial charge in [0.1, 0.15) is 17.9 Å². The number of carbonyl (C=O) groups excluding carboxylic acids is 1. The number of pyridine rings is 2. The molecule has 0 unspecified atom stereocenters. The van der Waals surface area contributed by atoms with Gasteiger partial charge in [-0.15, -0.1) is 0 Å². The summed E-state index contributed by atoms with van der Waals surface area (Å²) in [7, 11) is 0. The first-order valence-electron chi connectivity index (χ1n) is 9.72. The number of nitrogens with one attached hydrogen (secondary N) is 1. The lowest BCUT2D eigenvalue weighted by Crippen LogP contribution is -2.26. The molecule has 2 N–H and O–H groups in total. The zero-order valence-electron chi connectivity index (χ0n) is 16.6. The number of alkyl carbamates (subject to hydrolysis) is 1. The maximum atomic E-state index is 12.0. The molecule has 3 aromatic heterocycles. The van der Waals surface area contributed by atoms with Crippen molar-refractivity contribution in [1.82, 2.24) is 19.7 Å². The van der Waals surface area contributed by atoms with E-state index in [-0.39, 0.29) is 18.8 Å². The number of nitrogens with zero attached hydrogens (tertiary/aromatic N) is 3. The second-order valence-electron chi connectivity index (χ2n) is 6.80. The summed E-state index contributed by atoms with van der Waals surface area (Å²) in [6.45, 7) is 0.469. The predicted octanol–water partition coefficient (Wildman–Crippen LogP) is 3.56. The highest BCUT2D eigenvalue weighted by molar-refractivity contribution is 5.88. The molecular formula is C23H20N4O4. The van der Waals surface area contributed by atoms with Gasteiger partial charge in [-0.3, -0.25) is 9.38 Å². The number of aromatic nitrogens is 3. The summed E-state index contributed by atoms with van der Waals surface area (Å²) in [5.74, 6) is -1.05. The molecule has 0 aliphatic rings. The minimum atomic E-state index is -1.05.